The predicted octanol–water partition coefficient (Wildman–Crippen LogP) is 3.13. The molecular formula is C16H28N2. The van der Waals surface area contributed by atoms with Crippen LogP contribution in [0.15, 0.2) is 23.8 Å². The lowest BCUT2D eigenvalue weighted by Crippen LogP contribution is -2.53. The van der Waals surface area contributed by atoms with Gasteiger partial charge in [-0.25, -0.2) is 0 Å². The third kappa shape index (κ3) is 2.28. The van der Waals surface area contributed by atoms with Gasteiger partial charge in [0, 0.05) is 19.1 Å². The molecular weight excluding hydrogens is 220 g/mol. The van der Waals surface area contributed by atoms with Crippen molar-refractivity contribution in [3.8, 4) is 0 Å². The van der Waals surface area contributed by atoms with Crippen molar-refractivity contribution in [1.82, 2.24) is 9.80 Å². The van der Waals surface area contributed by atoms with E-state index in [9.17, 15) is 0 Å². The van der Waals surface area contributed by atoms with E-state index in [1.807, 2.05) is 0 Å². The highest BCUT2D eigenvalue weighted by atomic mass is 15.5. The average molecular weight is 248 g/mol. The molecule has 18 heavy (non-hydrogen) atoms. The molecule has 0 amide bonds. The van der Waals surface area contributed by atoms with Crippen molar-refractivity contribution in [2.24, 2.45) is 11.8 Å². The molecule has 2 nitrogen and oxygen atoms in total. The lowest BCUT2D eigenvalue weighted by molar-refractivity contribution is 0.0263. The molecule has 0 aromatic rings. The first-order chi connectivity index (χ1) is 8.34. The Bertz CT molecular complexity index is 367. The lowest BCUT2D eigenvalue weighted by Gasteiger charge is -2.43. The van der Waals surface area contributed by atoms with E-state index in [4.69, 9.17) is 0 Å². The number of hydrogen-bond donors (Lipinski definition) is 0. The molecule has 0 saturated carbocycles. The Balaban J connectivity index is 2.26. The fraction of sp³-hybridized carbons (Fsp3) is 0.750. The summed E-state index contributed by atoms with van der Waals surface area (Å²) in [5.41, 5.74) is 1.57. The lowest BCUT2D eigenvalue weighted by atomic mass is 9.87. The van der Waals surface area contributed by atoms with Gasteiger partial charge in [0.2, 0.25) is 0 Å². The molecule has 1 aliphatic heterocycles. The summed E-state index contributed by atoms with van der Waals surface area (Å²) in [6.07, 6.45) is 7.13. The van der Waals surface area contributed by atoms with Crippen molar-refractivity contribution in [2.75, 3.05) is 20.1 Å². The Morgan fingerprint density at radius 2 is 1.89 bits per heavy atom. The molecule has 2 heteroatoms. The van der Waals surface area contributed by atoms with Crippen LogP contribution in [-0.4, -0.2) is 41.6 Å². The summed E-state index contributed by atoms with van der Waals surface area (Å²) < 4.78 is 0. The van der Waals surface area contributed by atoms with Crippen molar-refractivity contribution >= 4 is 0 Å². The molecule has 1 heterocycles. The Morgan fingerprint density at radius 3 is 2.44 bits per heavy atom. The van der Waals surface area contributed by atoms with Gasteiger partial charge in [-0.2, -0.15) is 0 Å². The van der Waals surface area contributed by atoms with Gasteiger partial charge >= 0.3 is 0 Å². The molecule has 1 fully saturated rings. The number of likely N-dealkylation sites (N-methyl/N-ethyl adjacent to an activating group) is 1. The average Bonchev–Trinajstić information content (AvgIpc) is 2.47. The molecule has 2 rings (SSSR count). The molecule has 1 saturated heterocycles. The SMILES string of the molecule is CC1=CC(C)C(C)C(N2CCN(C)C2(C)C)C=C1. The van der Waals surface area contributed by atoms with Crippen molar-refractivity contribution in [3.63, 3.8) is 0 Å². The van der Waals surface area contributed by atoms with Gasteiger partial charge in [0.25, 0.3) is 0 Å². The number of hydrogen-bond acceptors (Lipinski definition) is 2. The zero-order chi connectivity index (χ0) is 13.5. The first-order valence-corrected chi connectivity index (χ1v) is 7.18. The monoisotopic (exact) mass is 248 g/mol. The van der Waals surface area contributed by atoms with Gasteiger partial charge in [-0.05, 0) is 39.7 Å². The number of nitrogens with zero attached hydrogens (tertiary/aromatic N) is 2. The van der Waals surface area contributed by atoms with Crippen LogP contribution < -0.4 is 0 Å². The van der Waals surface area contributed by atoms with E-state index >= 15 is 0 Å². The quantitative estimate of drug-likeness (QED) is 0.703. The third-order valence-electron chi connectivity index (χ3n) is 5.12. The van der Waals surface area contributed by atoms with Gasteiger partial charge in [-0.1, -0.05) is 37.6 Å². The van der Waals surface area contributed by atoms with Crippen LogP contribution in [0, 0.1) is 11.8 Å². The standard InChI is InChI=1S/C16H28N2/c1-12-7-8-15(14(3)13(2)11-12)18-10-9-17(6)16(18,4)5/h7-8,11,13-15H,9-10H2,1-6H3. The number of rotatable bonds is 1. The van der Waals surface area contributed by atoms with E-state index in [1.165, 1.54) is 18.7 Å². The Labute approximate surface area is 112 Å². The molecule has 1 aliphatic carbocycles. The van der Waals surface area contributed by atoms with Crippen molar-refractivity contribution in [3.05, 3.63) is 23.8 Å². The maximum Gasteiger partial charge on any atom is 0.0683 e. The first kappa shape index (κ1) is 13.8. The van der Waals surface area contributed by atoms with E-state index in [-0.39, 0.29) is 5.66 Å². The van der Waals surface area contributed by atoms with Crippen molar-refractivity contribution in [1.29, 1.82) is 0 Å². The minimum absolute atomic E-state index is 0.168. The van der Waals surface area contributed by atoms with Crippen LogP contribution in [0.2, 0.25) is 0 Å². The summed E-state index contributed by atoms with van der Waals surface area (Å²) in [6.45, 7) is 14.0. The maximum absolute atomic E-state index is 2.66. The van der Waals surface area contributed by atoms with E-state index in [0.29, 0.717) is 17.9 Å². The van der Waals surface area contributed by atoms with Gasteiger partial charge < -0.3 is 0 Å². The summed E-state index contributed by atoms with van der Waals surface area (Å²) >= 11 is 0. The van der Waals surface area contributed by atoms with Crippen LogP contribution in [-0.2, 0) is 0 Å². The fourth-order valence-corrected chi connectivity index (χ4v) is 3.28. The van der Waals surface area contributed by atoms with Crippen LogP contribution in [0.5, 0.6) is 0 Å². The number of allylic oxidation sites excluding steroid dienone is 3. The Hall–Kier alpha value is -0.600. The van der Waals surface area contributed by atoms with Gasteiger partial charge in [0.05, 0.1) is 5.66 Å². The second-order valence-corrected chi connectivity index (χ2v) is 6.59. The zero-order valence-electron chi connectivity index (χ0n) is 12.8. The largest absolute Gasteiger partial charge is 0.288 e. The molecule has 2 aliphatic rings. The highest BCUT2D eigenvalue weighted by molar-refractivity contribution is 5.23. The molecule has 0 bridgehead atoms. The molecule has 0 radical (unpaired) electrons. The normalized spacial score (nSPS) is 37.7. The van der Waals surface area contributed by atoms with Crippen LogP contribution in [0.3, 0.4) is 0 Å². The second kappa shape index (κ2) is 4.82. The van der Waals surface area contributed by atoms with Crippen molar-refractivity contribution < 1.29 is 0 Å². The van der Waals surface area contributed by atoms with Crippen LogP contribution in [0.4, 0.5) is 0 Å². The van der Waals surface area contributed by atoms with E-state index in [1.54, 1.807) is 0 Å². The summed E-state index contributed by atoms with van der Waals surface area (Å²) in [6, 6.07) is 0.550. The maximum atomic E-state index is 2.66. The highest BCUT2D eigenvalue weighted by Crippen LogP contribution is 2.34. The van der Waals surface area contributed by atoms with Crippen LogP contribution in [0.1, 0.15) is 34.6 Å². The second-order valence-electron chi connectivity index (χ2n) is 6.59. The third-order valence-corrected chi connectivity index (χ3v) is 5.12. The van der Waals surface area contributed by atoms with Gasteiger partial charge in [-0.15, -0.1) is 0 Å². The summed E-state index contributed by atoms with van der Waals surface area (Å²) in [5, 5.41) is 0. The van der Waals surface area contributed by atoms with Crippen molar-refractivity contribution in [2.45, 2.75) is 46.3 Å². The Kier molecular flexibility index (Phi) is 3.70. The summed E-state index contributed by atoms with van der Waals surface area (Å²) in [4.78, 5) is 5.13. The fourth-order valence-electron chi connectivity index (χ4n) is 3.28. The minimum Gasteiger partial charge on any atom is -0.288 e. The first-order valence-electron chi connectivity index (χ1n) is 7.18. The topological polar surface area (TPSA) is 6.48 Å². The molecule has 3 unspecified atom stereocenters. The zero-order valence-corrected chi connectivity index (χ0v) is 12.8. The van der Waals surface area contributed by atoms with E-state index in [0.717, 1.165) is 0 Å². The smallest absolute Gasteiger partial charge is 0.0683 e. The molecule has 102 valence electrons. The van der Waals surface area contributed by atoms with Crippen LogP contribution >= 0.6 is 0 Å². The summed E-state index contributed by atoms with van der Waals surface area (Å²) in [7, 11) is 2.23. The van der Waals surface area contributed by atoms with E-state index < -0.39 is 0 Å². The minimum atomic E-state index is 0.168. The molecule has 3 atom stereocenters. The van der Waals surface area contributed by atoms with Gasteiger partial charge in [0.1, 0.15) is 0 Å². The summed E-state index contributed by atoms with van der Waals surface area (Å²) in [5.74, 6) is 1.32. The van der Waals surface area contributed by atoms with Gasteiger partial charge in [0.15, 0.2) is 0 Å². The molecule has 0 N–H and O–H groups in total. The molecule has 0 aromatic heterocycles. The van der Waals surface area contributed by atoms with Gasteiger partial charge in [-0.3, -0.25) is 9.80 Å². The molecule has 0 spiro atoms. The Morgan fingerprint density at radius 1 is 1.22 bits per heavy atom. The van der Waals surface area contributed by atoms with Crippen LogP contribution in [0.25, 0.3) is 0 Å². The predicted molar refractivity (Wildman–Crippen MR) is 78.4 cm³/mol. The molecule has 0 aromatic carbocycles. The van der Waals surface area contributed by atoms with E-state index in [2.05, 4.69) is 69.7 Å². The highest BCUT2D eigenvalue weighted by Gasteiger charge is 2.42.